The number of rotatable bonds is 1. The molecule has 0 N–H and O–H groups in total. The molecule has 0 saturated heterocycles. The van der Waals surface area contributed by atoms with Crippen LogP contribution in [0, 0.1) is 0 Å². The summed E-state index contributed by atoms with van der Waals surface area (Å²) in [5.74, 6) is 0. The normalized spacial score (nSPS) is 21.9. The molecular weight excluding hydrogens is 196 g/mol. The molecule has 1 aliphatic heterocycles. The zero-order chi connectivity index (χ0) is 9.97. The van der Waals surface area contributed by atoms with Crippen LogP contribution in [-0.4, -0.2) is 6.61 Å². The van der Waals surface area contributed by atoms with Gasteiger partial charge in [-0.3, -0.25) is 0 Å². The molecule has 1 aliphatic rings. The molecule has 74 valence electrons. The van der Waals surface area contributed by atoms with Crippen LogP contribution in [0.5, 0.6) is 0 Å². The molecule has 1 heterocycles. The Labute approximate surface area is 89.3 Å². The topological polar surface area (TPSA) is 9.23 Å². The average Bonchev–Trinajstić information content (AvgIpc) is 2.19. The van der Waals surface area contributed by atoms with E-state index in [2.05, 4.69) is 13.0 Å². The van der Waals surface area contributed by atoms with E-state index in [0.29, 0.717) is 0 Å². The van der Waals surface area contributed by atoms with Gasteiger partial charge >= 0.3 is 0 Å². The predicted octanol–water partition coefficient (Wildman–Crippen LogP) is 3.75. The van der Waals surface area contributed by atoms with Crippen molar-refractivity contribution < 1.29 is 4.74 Å². The molecule has 0 radical (unpaired) electrons. The SMILES string of the molecule is CC1=CCOC(c2ccc(Cl)cc2)C1. The first kappa shape index (κ1) is 9.75. The molecular formula is C12H13ClO. The highest BCUT2D eigenvalue weighted by Crippen LogP contribution is 2.28. The Morgan fingerprint density at radius 2 is 2.00 bits per heavy atom. The van der Waals surface area contributed by atoms with Gasteiger partial charge in [0.15, 0.2) is 0 Å². The molecule has 0 aliphatic carbocycles. The van der Waals surface area contributed by atoms with Crippen molar-refractivity contribution >= 4 is 11.6 Å². The van der Waals surface area contributed by atoms with Crippen LogP contribution in [0.1, 0.15) is 25.0 Å². The summed E-state index contributed by atoms with van der Waals surface area (Å²) in [7, 11) is 0. The van der Waals surface area contributed by atoms with E-state index < -0.39 is 0 Å². The summed E-state index contributed by atoms with van der Waals surface area (Å²) in [6.07, 6.45) is 3.32. The lowest BCUT2D eigenvalue weighted by Crippen LogP contribution is -2.10. The highest BCUT2D eigenvalue weighted by molar-refractivity contribution is 6.30. The Hall–Kier alpha value is -0.790. The van der Waals surface area contributed by atoms with Crippen molar-refractivity contribution in [3.8, 4) is 0 Å². The van der Waals surface area contributed by atoms with Gasteiger partial charge < -0.3 is 4.74 Å². The Morgan fingerprint density at radius 3 is 2.64 bits per heavy atom. The van der Waals surface area contributed by atoms with Crippen LogP contribution < -0.4 is 0 Å². The zero-order valence-electron chi connectivity index (χ0n) is 8.16. The third-order valence-electron chi connectivity index (χ3n) is 2.48. The Morgan fingerprint density at radius 1 is 1.29 bits per heavy atom. The van der Waals surface area contributed by atoms with Crippen LogP contribution in [-0.2, 0) is 4.74 Å². The van der Waals surface area contributed by atoms with Crippen molar-refractivity contribution in [2.45, 2.75) is 19.4 Å². The molecule has 0 aromatic heterocycles. The number of hydrogen-bond acceptors (Lipinski definition) is 1. The summed E-state index contributed by atoms with van der Waals surface area (Å²) >= 11 is 5.83. The van der Waals surface area contributed by atoms with Crippen molar-refractivity contribution in [3.05, 3.63) is 46.5 Å². The largest absolute Gasteiger partial charge is 0.369 e. The van der Waals surface area contributed by atoms with E-state index in [1.54, 1.807) is 0 Å². The monoisotopic (exact) mass is 208 g/mol. The van der Waals surface area contributed by atoms with Gasteiger partial charge in [-0.05, 0) is 31.0 Å². The fourth-order valence-corrected chi connectivity index (χ4v) is 1.76. The molecule has 0 fully saturated rings. The Kier molecular flexibility index (Phi) is 2.90. The number of benzene rings is 1. The first-order valence-corrected chi connectivity index (χ1v) is 5.16. The summed E-state index contributed by atoms with van der Waals surface area (Å²) in [5.41, 5.74) is 2.61. The van der Waals surface area contributed by atoms with Gasteiger partial charge in [0.2, 0.25) is 0 Å². The fraction of sp³-hybridized carbons (Fsp3) is 0.333. The summed E-state index contributed by atoms with van der Waals surface area (Å²) in [4.78, 5) is 0. The highest BCUT2D eigenvalue weighted by atomic mass is 35.5. The summed E-state index contributed by atoms with van der Waals surface area (Å²) in [5, 5.41) is 0.775. The number of hydrogen-bond donors (Lipinski definition) is 0. The minimum Gasteiger partial charge on any atom is -0.369 e. The van der Waals surface area contributed by atoms with Crippen LogP contribution in [0.3, 0.4) is 0 Å². The Balaban J connectivity index is 2.16. The lowest BCUT2D eigenvalue weighted by Gasteiger charge is -2.22. The second-order valence-electron chi connectivity index (χ2n) is 3.63. The zero-order valence-corrected chi connectivity index (χ0v) is 8.92. The second kappa shape index (κ2) is 4.16. The maximum absolute atomic E-state index is 5.83. The van der Waals surface area contributed by atoms with E-state index in [4.69, 9.17) is 16.3 Å². The van der Waals surface area contributed by atoms with E-state index in [0.717, 1.165) is 18.1 Å². The van der Waals surface area contributed by atoms with Crippen molar-refractivity contribution in [1.29, 1.82) is 0 Å². The lowest BCUT2D eigenvalue weighted by molar-refractivity contribution is 0.0641. The van der Waals surface area contributed by atoms with E-state index in [-0.39, 0.29) is 6.10 Å². The highest BCUT2D eigenvalue weighted by Gasteiger charge is 2.15. The third kappa shape index (κ3) is 2.17. The molecule has 2 rings (SSSR count). The van der Waals surface area contributed by atoms with E-state index in [1.807, 2.05) is 24.3 Å². The third-order valence-corrected chi connectivity index (χ3v) is 2.73. The summed E-state index contributed by atoms with van der Waals surface area (Å²) in [6, 6.07) is 7.89. The molecule has 1 nitrogen and oxygen atoms in total. The van der Waals surface area contributed by atoms with Gasteiger partial charge in [0.1, 0.15) is 0 Å². The minimum absolute atomic E-state index is 0.206. The van der Waals surface area contributed by atoms with Gasteiger partial charge in [-0.25, -0.2) is 0 Å². The van der Waals surface area contributed by atoms with Crippen LogP contribution in [0.15, 0.2) is 35.9 Å². The molecule has 0 saturated carbocycles. The molecule has 14 heavy (non-hydrogen) atoms. The van der Waals surface area contributed by atoms with Gasteiger partial charge in [0, 0.05) is 5.02 Å². The van der Waals surface area contributed by atoms with E-state index in [1.165, 1.54) is 11.1 Å². The quantitative estimate of drug-likeness (QED) is 0.639. The standard InChI is InChI=1S/C12H13ClO/c1-9-6-7-14-12(8-9)10-2-4-11(13)5-3-10/h2-6,12H,7-8H2,1H3. The molecule has 1 aromatic rings. The van der Waals surface area contributed by atoms with Gasteiger partial charge in [0.25, 0.3) is 0 Å². The molecule has 0 spiro atoms. The summed E-state index contributed by atoms with van der Waals surface area (Å²) in [6.45, 7) is 2.87. The molecule has 0 amide bonds. The molecule has 1 atom stereocenters. The van der Waals surface area contributed by atoms with E-state index >= 15 is 0 Å². The van der Waals surface area contributed by atoms with Crippen molar-refractivity contribution in [2.75, 3.05) is 6.61 Å². The number of halogens is 1. The van der Waals surface area contributed by atoms with Crippen LogP contribution >= 0.6 is 11.6 Å². The van der Waals surface area contributed by atoms with Gasteiger partial charge in [-0.1, -0.05) is 35.4 Å². The first-order valence-electron chi connectivity index (χ1n) is 4.78. The number of ether oxygens (including phenoxy) is 1. The fourth-order valence-electron chi connectivity index (χ4n) is 1.63. The Bertz CT molecular complexity index is 340. The average molecular weight is 209 g/mol. The first-order chi connectivity index (χ1) is 6.75. The van der Waals surface area contributed by atoms with Crippen molar-refractivity contribution in [2.24, 2.45) is 0 Å². The molecule has 1 unspecified atom stereocenters. The van der Waals surface area contributed by atoms with Crippen LogP contribution in [0.25, 0.3) is 0 Å². The maximum atomic E-state index is 5.83. The smallest absolute Gasteiger partial charge is 0.0866 e. The molecule has 1 aromatic carbocycles. The van der Waals surface area contributed by atoms with Gasteiger partial charge in [-0.2, -0.15) is 0 Å². The van der Waals surface area contributed by atoms with Crippen molar-refractivity contribution in [1.82, 2.24) is 0 Å². The molecule has 2 heteroatoms. The maximum Gasteiger partial charge on any atom is 0.0866 e. The minimum atomic E-state index is 0.206. The van der Waals surface area contributed by atoms with Gasteiger partial charge in [-0.15, -0.1) is 0 Å². The summed E-state index contributed by atoms with van der Waals surface area (Å²) < 4.78 is 5.65. The second-order valence-corrected chi connectivity index (χ2v) is 4.06. The van der Waals surface area contributed by atoms with Crippen LogP contribution in [0.2, 0.25) is 5.02 Å². The van der Waals surface area contributed by atoms with Crippen molar-refractivity contribution in [3.63, 3.8) is 0 Å². The van der Waals surface area contributed by atoms with Crippen LogP contribution in [0.4, 0.5) is 0 Å². The lowest BCUT2D eigenvalue weighted by atomic mass is 10.0. The van der Waals surface area contributed by atoms with E-state index in [9.17, 15) is 0 Å². The predicted molar refractivity (Wildman–Crippen MR) is 58.5 cm³/mol. The molecule has 0 bridgehead atoms. The van der Waals surface area contributed by atoms with Gasteiger partial charge in [0.05, 0.1) is 12.7 Å².